The van der Waals surface area contributed by atoms with Crippen LogP contribution >= 0.6 is 11.6 Å². The molecule has 0 unspecified atom stereocenters. The van der Waals surface area contributed by atoms with Crippen LogP contribution in [0.2, 0.25) is 5.02 Å². The summed E-state index contributed by atoms with van der Waals surface area (Å²) < 4.78 is 16.1. The van der Waals surface area contributed by atoms with E-state index < -0.39 is 0 Å². The molecule has 0 atom stereocenters. The first-order valence-corrected chi connectivity index (χ1v) is 8.64. The lowest BCUT2D eigenvalue weighted by molar-refractivity contribution is 0.102. The summed E-state index contributed by atoms with van der Waals surface area (Å²) in [4.78, 5) is 12.7. The van der Waals surface area contributed by atoms with Crippen molar-refractivity contribution >= 4 is 23.2 Å². The molecular weight excluding hydrogens is 382 g/mol. The fourth-order valence-corrected chi connectivity index (χ4v) is 2.78. The first kappa shape index (κ1) is 17.8. The minimum Gasteiger partial charge on any atom is -0.495 e. The van der Waals surface area contributed by atoms with Crippen LogP contribution in [0.15, 0.2) is 69.7 Å². The van der Waals surface area contributed by atoms with Gasteiger partial charge in [0.2, 0.25) is 5.89 Å². The van der Waals surface area contributed by atoms with E-state index in [9.17, 15) is 4.79 Å². The van der Waals surface area contributed by atoms with Gasteiger partial charge in [0.25, 0.3) is 11.8 Å². The van der Waals surface area contributed by atoms with Crippen molar-refractivity contribution in [2.24, 2.45) is 0 Å². The molecule has 7 nitrogen and oxygen atoms in total. The molecule has 8 heteroatoms. The molecule has 0 radical (unpaired) electrons. The normalized spacial score (nSPS) is 10.6. The average Bonchev–Trinajstić information content (AvgIpc) is 3.40. The predicted molar refractivity (Wildman–Crippen MR) is 103 cm³/mol. The molecule has 2 heterocycles. The van der Waals surface area contributed by atoms with Crippen LogP contribution in [0.25, 0.3) is 23.1 Å². The third-order valence-electron chi connectivity index (χ3n) is 3.94. The van der Waals surface area contributed by atoms with E-state index >= 15 is 0 Å². The zero-order valence-electron chi connectivity index (χ0n) is 14.7. The van der Waals surface area contributed by atoms with Gasteiger partial charge in [-0.3, -0.25) is 4.79 Å². The van der Waals surface area contributed by atoms with Crippen LogP contribution in [0.3, 0.4) is 0 Å². The number of methoxy groups -OCH3 is 1. The van der Waals surface area contributed by atoms with E-state index in [-0.39, 0.29) is 17.7 Å². The molecule has 0 aliphatic heterocycles. The quantitative estimate of drug-likeness (QED) is 0.516. The SMILES string of the molecule is COc1ccc(Cl)cc1NC(=O)c1cccc(-c2nnc(-c3ccco3)o2)c1. The lowest BCUT2D eigenvalue weighted by Gasteiger charge is -2.11. The lowest BCUT2D eigenvalue weighted by Crippen LogP contribution is -2.12. The number of amides is 1. The Hall–Kier alpha value is -3.58. The van der Waals surface area contributed by atoms with Gasteiger partial charge in [-0.15, -0.1) is 10.2 Å². The molecule has 0 spiro atoms. The predicted octanol–water partition coefficient (Wildman–Crippen LogP) is 4.91. The summed E-state index contributed by atoms with van der Waals surface area (Å²) in [7, 11) is 1.52. The molecule has 28 heavy (non-hydrogen) atoms. The highest BCUT2D eigenvalue weighted by molar-refractivity contribution is 6.31. The molecule has 0 bridgehead atoms. The second-order valence-electron chi connectivity index (χ2n) is 5.77. The van der Waals surface area contributed by atoms with Crippen LogP contribution in [0.5, 0.6) is 5.75 Å². The highest BCUT2D eigenvalue weighted by Crippen LogP contribution is 2.29. The third kappa shape index (κ3) is 3.60. The first-order valence-electron chi connectivity index (χ1n) is 8.27. The highest BCUT2D eigenvalue weighted by atomic mass is 35.5. The summed E-state index contributed by atoms with van der Waals surface area (Å²) in [5.74, 6) is 1.20. The molecule has 0 aliphatic rings. The summed E-state index contributed by atoms with van der Waals surface area (Å²) in [5.41, 5.74) is 1.50. The standard InChI is InChI=1S/C20H14ClN3O4/c1-26-16-8-7-14(21)11-15(16)22-18(25)12-4-2-5-13(10-12)19-23-24-20(28-19)17-6-3-9-27-17/h2-11H,1H3,(H,22,25). The lowest BCUT2D eigenvalue weighted by atomic mass is 10.1. The van der Waals surface area contributed by atoms with E-state index in [2.05, 4.69) is 15.5 Å². The van der Waals surface area contributed by atoms with Crippen molar-refractivity contribution in [2.75, 3.05) is 12.4 Å². The topological polar surface area (TPSA) is 90.4 Å². The number of aromatic nitrogens is 2. The second kappa shape index (κ2) is 7.58. The number of carbonyl (C=O) groups is 1. The van der Waals surface area contributed by atoms with Crippen molar-refractivity contribution < 1.29 is 18.4 Å². The van der Waals surface area contributed by atoms with Gasteiger partial charge in [0.1, 0.15) is 5.75 Å². The number of benzene rings is 2. The van der Waals surface area contributed by atoms with Gasteiger partial charge < -0.3 is 18.9 Å². The van der Waals surface area contributed by atoms with E-state index in [1.54, 1.807) is 54.6 Å². The number of nitrogens with one attached hydrogen (secondary N) is 1. The average molecular weight is 396 g/mol. The van der Waals surface area contributed by atoms with Crippen LogP contribution < -0.4 is 10.1 Å². The largest absolute Gasteiger partial charge is 0.495 e. The maximum atomic E-state index is 12.7. The van der Waals surface area contributed by atoms with E-state index in [0.29, 0.717) is 33.3 Å². The van der Waals surface area contributed by atoms with Gasteiger partial charge in [0.05, 0.1) is 19.1 Å². The zero-order chi connectivity index (χ0) is 19.5. The van der Waals surface area contributed by atoms with Crippen molar-refractivity contribution in [2.45, 2.75) is 0 Å². The van der Waals surface area contributed by atoms with Crippen molar-refractivity contribution in [1.82, 2.24) is 10.2 Å². The summed E-state index contributed by atoms with van der Waals surface area (Å²) in [6.07, 6.45) is 1.52. The van der Waals surface area contributed by atoms with Gasteiger partial charge >= 0.3 is 0 Å². The number of ether oxygens (including phenoxy) is 1. The molecular formula is C20H14ClN3O4. The van der Waals surface area contributed by atoms with Gasteiger partial charge in [-0.2, -0.15) is 0 Å². The molecule has 0 aliphatic carbocycles. The van der Waals surface area contributed by atoms with Gasteiger partial charge in [0.15, 0.2) is 5.76 Å². The Morgan fingerprint density at radius 3 is 2.71 bits per heavy atom. The second-order valence-corrected chi connectivity index (χ2v) is 6.21. The monoisotopic (exact) mass is 395 g/mol. The summed E-state index contributed by atoms with van der Waals surface area (Å²) in [5, 5.41) is 11.3. The number of nitrogens with zero attached hydrogens (tertiary/aromatic N) is 2. The number of furan rings is 1. The molecule has 0 fully saturated rings. The molecule has 4 aromatic rings. The first-order chi connectivity index (χ1) is 13.6. The van der Waals surface area contributed by atoms with E-state index in [1.165, 1.54) is 13.4 Å². The van der Waals surface area contributed by atoms with E-state index in [1.807, 2.05) is 0 Å². The molecule has 0 saturated heterocycles. The Morgan fingerprint density at radius 1 is 1.07 bits per heavy atom. The number of halogens is 1. The minimum absolute atomic E-state index is 0.263. The molecule has 140 valence electrons. The van der Waals surface area contributed by atoms with Gasteiger partial charge in [-0.25, -0.2) is 0 Å². The molecule has 1 amide bonds. The van der Waals surface area contributed by atoms with Gasteiger partial charge in [0, 0.05) is 16.1 Å². The summed E-state index contributed by atoms with van der Waals surface area (Å²) in [6, 6.07) is 15.3. The summed E-state index contributed by atoms with van der Waals surface area (Å²) in [6.45, 7) is 0. The Kier molecular flexibility index (Phi) is 4.82. The molecule has 1 N–H and O–H groups in total. The maximum Gasteiger partial charge on any atom is 0.283 e. The molecule has 0 saturated carbocycles. The van der Waals surface area contributed by atoms with Crippen LogP contribution in [-0.4, -0.2) is 23.2 Å². The Labute approximate surface area is 164 Å². The van der Waals surface area contributed by atoms with Crippen LogP contribution in [-0.2, 0) is 0 Å². The van der Waals surface area contributed by atoms with Crippen molar-refractivity contribution in [3.05, 3.63) is 71.4 Å². The Morgan fingerprint density at radius 2 is 1.93 bits per heavy atom. The molecule has 2 aromatic carbocycles. The zero-order valence-corrected chi connectivity index (χ0v) is 15.4. The summed E-state index contributed by atoms with van der Waals surface area (Å²) >= 11 is 6.01. The van der Waals surface area contributed by atoms with Crippen molar-refractivity contribution in [3.8, 4) is 28.9 Å². The van der Waals surface area contributed by atoms with Crippen LogP contribution in [0, 0.1) is 0 Å². The number of anilines is 1. The number of hydrogen-bond acceptors (Lipinski definition) is 6. The van der Waals surface area contributed by atoms with E-state index in [4.69, 9.17) is 25.2 Å². The fourth-order valence-electron chi connectivity index (χ4n) is 2.61. The molecule has 2 aromatic heterocycles. The minimum atomic E-state index is -0.326. The third-order valence-corrected chi connectivity index (χ3v) is 4.17. The van der Waals surface area contributed by atoms with E-state index in [0.717, 1.165) is 0 Å². The van der Waals surface area contributed by atoms with Crippen LogP contribution in [0.1, 0.15) is 10.4 Å². The smallest absolute Gasteiger partial charge is 0.283 e. The fraction of sp³-hybridized carbons (Fsp3) is 0.0500. The number of carbonyl (C=O) groups excluding carboxylic acids is 1. The van der Waals surface area contributed by atoms with Crippen molar-refractivity contribution in [1.29, 1.82) is 0 Å². The Balaban J connectivity index is 1.59. The van der Waals surface area contributed by atoms with Gasteiger partial charge in [-0.05, 0) is 48.5 Å². The maximum absolute atomic E-state index is 12.7. The number of hydrogen-bond donors (Lipinski definition) is 1. The van der Waals surface area contributed by atoms with Crippen molar-refractivity contribution in [3.63, 3.8) is 0 Å². The number of rotatable bonds is 5. The van der Waals surface area contributed by atoms with Crippen LogP contribution in [0.4, 0.5) is 5.69 Å². The van der Waals surface area contributed by atoms with Gasteiger partial charge in [-0.1, -0.05) is 17.7 Å². The molecule has 4 rings (SSSR count). The Bertz CT molecular complexity index is 1120. The highest BCUT2D eigenvalue weighted by Gasteiger charge is 2.15.